The largest absolute Gasteiger partial charge is 0.493 e. The highest BCUT2D eigenvalue weighted by atomic mass is 16.5. The van der Waals surface area contributed by atoms with Gasteiger partial charge in [0.1, 0.15) is 0 Å². The minimum atomic E-state index is -0.418. The van der Waals surface area contributed by atoms with Crippen LogP contribution < -0.4 is 15.2 Å². The Hall–Kier alpha value is -3.81. The smallest absolute Gasteiger partial charge is 0.419 e. The van der Waals surface area contributed by atoms with E-state index in [2.05, 4.69) is 10.1 Å². The third kappa shape index (κ3) is 3.16. The Morgan fingerprint density at radius 3 is 2.64 bits per heavy atom. The zero-order valence-corrected chi connectivity index (χ0v) is 15.5. The highest BCUT2D eigenvalue weighted by Gasteiger charge is 2.11. The lowest BCUT2D eigenvalue weighted by atomic mass is 10.2. The average molecular weight is 379 g/mol. The minimum Gasteiger partial charge on any atom is -0.493 e. The molecule has 0 amide bonds. The van der Waals surface area contributed by atoms with Gasteiger partial charge in [-0.15, -0.1) is 0 Å². The molecule has 28 heavy (non-hydrogen) atoms. The van der Waals surface area contributed by atoms with E-state index in [9.17, 15) is 4.79 Å². The van der Waals surface area contributed by atoms with Gasteiger partial charge in [0, 0.05) is 18.7 Å². The van der Waals surface area contributed by atoms with Crippen LogP contribution in [-0.2, 0) is 7.05 Å². The maximum atomic E-state index is 11.6. The van der Waals surface area contributed by atoms with Gasteiger partial charge in [-0.25, -0.2) is 4.79 Å². The number of hydrogen-bond donors (Lipinski definition) is 0. The summed E-state index contributed by atoms with van der Waals surface area (Å²) in [6.45, 7) is 0. The van der Waals surface area contributed by atoms with E-state index in [4.69, 9.17) is 18.4 Å². The number of aromatic nitrogens is 3. The topological polar surface area (TPSA) is 92.5 Å². The van der Waals surface area contributed by atoms with Crippen molar-refractivity contribution in [1.82, 2.24) is 14.7 Å². The second-order valence-corrected chi connectivity index (χ2v) is 6.01. The number of hydrogen-bond acceptors (Lipinski definition) is 7. The molecule has 0 unspecified atom stereocenters. The van der Waals surface area contributed by atoms with Crippen LogP contribution in [0.25, 0.3) is 34.6 Å². The number of nitrogens with zero attached hydrogens (tertiary/aromatic N) is 3. The van der Waals surface area contributed by atoms with Crippen LogP contribution in [0.4, 0.5) is 0 Å². The van der Waals surface area contributed by atoms with Gasteiger partial charge in [0.15, 0.2) is 17.1 Å². The second kappa shape index (κ2) is 7.07. The molecule has 2 aromatic carbocycles. The highest BCUT2D eigenvalue weighted by molar-refractivity contribution is 5.79. The van der Waals surface area contributed by atoms with Crippen molar-refractivity contribution in [3.8, 4) is 22.9 Å². The lowest BCUT2D eigenvalue weighted by Crippen LogP contribution is -2.08. The molecule has 0 N–H and O–H groups in total. The second-order valence-electron chi connectivity index (χ2n) is 6.01. The summed E-state index contributed by atoms with van der Waals surface area (Å²) in [4.78, 5) is 16.0. The van der Waals surface area contributed by atoms with Crippen LogP contribution in [-0.4, -0.2) is 28.9 Å². The minimum absolute atomic E-state index is 0.347. The molecule has 0 saturated heterocycles. The number of oxazole rings is 1. The van der Waals surface area contributed by atoms with Gasteiger partial charge in [-0.1, -0.05) is 11.2 Å². The summed E-state index contributed by atoms with van der Waals surface area (Å²) in [6, 6.07) is 10.9. The van der Waals surface area contributed by atoms with Crippen molar-refractivity contribution < 1.29 is 18.4 Å². The van der Waals surface area contributed by atoms with Gasteiger partial charge in [-0.05, 0) is 42.0 Å². The van der Waals surface area contributed by atoms with Crippen molar-refractivity contribution in [3.63, 3.8) is 0 Å². The molecule has 142 valence electrons. The van der Waals surface area contributed by atoms with Crippen LogP contribution in [0.5, 0.6) is 11.5 Å². The first-order valence-corrected chi connectivity index (χ1v) is 8.43. The molecule has 8 nitrogen and oxygen atoms in total. The molecule has 0 radical (unpaired) electrons. The zero-order valence-electron chi connectivity index (χ0n) is 15.5. The van der Waals surface area contributed by atoms with Crippen molar-refractivity contribution in [1.29, 1.82) is 0 Å². The standard InChI is InChI=1S/C20H17N3O5/c1-23-14-7-6-13(11-16(14)27-20(23)24)19-21-18(28-22-19)9-5-12-4-8-15(25-2)17(10-12)26-3/h4-11H,1-3H3. The molecule has 4 aromatic rings. The molecule has 8 heteroatoms. The Bertz CT molecular complexity index is 1230. The van der Waals surface area contributed by atoms with E-state index in [1.54, 1.807) is 39.5 Å². The van der Waals surface area contributed by atoms with Gasteiger partial charge in [0.2, 0.25) is 5.82 Å². The third-order valence-electron chi connectivity index (χ3n) is 4.32. The molecule has 2 aromatic heterocycles. The number of rotatable bonds is 5. The Labute approximate surface area is 159 Å². The molecule has 4 rings (SSSR count). The third-order valence-corrected chi connectivity index (χ3v) is 4.32. The van der Waals surface area contributed by atoms with E-state index < -0.39 is 5.76 Å². The van der Waals surface area contributed by atoms with E-state index in [-0.39, 0.29) is 0 Å². The highest BCUT2D eigenvalue weighted by Crippen LogP contribution is 2.28. The maximum absolute atomic E-state index is 11.6. The number of fused-ring (bicyclic) bond motifs is 1. The zero-order chi connectivity index (χ0) is 19.7. The van der Waals surface area contributed by atoms with Gasteiger partial charge >= 0.3 is 5.76 Å². The van der Waals surface area contributed by atoms with Crippen LogP contribution in [0, 0.1) is 0 Å². The van der Waals surface area contributed by atoms with Crippen LogP contribution >= 0.6 is 0 Å². The molecule has 0 atom stereocenters. The van der Waals surface area contributed by atoms with Crippen LogP contribution in [0.1, 0.15) is 11.5 Å². The summed E-state index contributed by atoms with van der Waals surface area (Å²) in [6.07, 6.45) is 3.54. The quantitative estimate of drug-likeness (QED) is 0.525. The molecule has 0 spiro atoms. The van der Waals surface area contributed by atoms with Crippen molar-refractivity contribution >= 4 is 23.3 Å². The van der Waals surface area contributed by atoms with E-state index in [0.29, 0.717) is 39.9 Å². The fourth-order valence-corrected chi connectivity index (χ4v) is 2.82. The number of methoxy groups -OCH3 is 2. The molecule has 0 aliphatic rings. The van der Waals surface area contributed by atoms with Gasteiger partial charge in [0.25, 0.3) is 5.89 Å². The van der Waals surface area contributed by atoms with Crippen LogP contribution in [0.15, 0.2) is 50.1 Å². The summed E-state index contributed by atoms with van der Waals surface area (Å²) >= 11 is 0. The molecule has 0 aliphatic heterocycles. The van der Waals surface area contributed by atoms with Gasteiger partial charge in [0.05, 0.1) is 19.7 Å². The van der Waals surface area contributed by atoms with Gasteiger partial charge in [-0.3, -0.25) is 4.57 Å². The Kier molecular flexibility index (Phi) is 4.44. The van der Waals surface area contributed by atoms with Crippen molar-refractivity contribution in [2.24, 2.45) is 7.05 Å². The lowest BCUT2D eigenvalue weighted by Gasteiger charge is -2.07. The van der Waals surface area contributed by atoms with Crippen molar-refractivity contribution in [2.45, 2.75) is 0 Å². The summed E-state index contributed by atoms with van der Waals surface area (Å²) in [7, 11) is 4.83. The van der Waals surface area contributed by atoms with Gasteiger partial charge < -0.3 is 18.4 Å². The van der Waals surface area contributed by atoms with E-state index in [0.717, 1.165) is 5.56 Å². The summed E-state index contributed by atoms with van der Waals surface area (Å²) in [5.74, 6) is 1.62. The molecular weight excluding hydrogens is 362 g/mol. The number of benzene rings is 2. The van der Waals surface area contributed by atoms with Crippen molar-refractivity contribution in [3.05, 3.63) is 58.4 Å². The maximum Gasteiger partial charge on any atom is 0.419 e. The van der Waals surface area contributed by atoms with E-state index in [1.807, 2.05) is 30.3 Å². The summed E-state index contributed by atoms with van der Waals surface area (Å²) in [5.41, 5.74) is 2.75. The van der Waals surface area contributed by atoms with Crippen LogP contribution in [0.3, 0.4) is 0 Å². The summed E-state index contributed by atoms with van der Waals surface area (Å²) < 4.78 is 22.4. The van der Waals surface area contributed by atoms with E-state index in [1.165, 1.54) is 4.57 Å². The lowest BCUT2D eigenvalue weighted by molar-refractivity contribution is 0.355. The first-order valence-electron chi connectivity index (χ1n) is 8.43. The normalized spacial score (nSPS) is 11.4. The monoisotopic (exact) mass is 379 g/mol. The van der Waals surface area contributed by atoms with Gasteiger partial charge in [-0.2, -0.15) is 4.98 Å². The predicted octanol–water partition coefficient (Wildman–Crippen LogP) is 3.37. The molecule has 2 heterocycles. The Morgan fingerprint density at radius 1 is 1.04 bits per heavy atom. The number of aryl methyl sites for hydroxylation is 1. The molecule has 0 aliphatic carbocycles. The van der Waals surface area contributed by atoms with Crippen molar-refractivity contribution in [2.75, 3.05) is 14.2 Å². The molecule has 0 bridgehead atoms. The first kappa shape index (κ1) is 17.6. The average Bonchev–Trinajstić information content (AvgIpc) is 3.30. The molecular formula is C20H17N3O5. The van der Waals surface area contributed by atoms with E-state index >= 15 is 0 Å². The fraction of sp³-hybridized carbons (Fsp3) is 0.150. The molecule has 0 saturated carbocycles. The molecule has 0 fully saturated rings. The Morgan fingerprint density at radius 2 is 1.86 bits per heavy atom. The summed E-state index contributed by atoms with van der Waals surface area (Å²) in [5, 5.41) is 3.99. The Balaban J connectivity index is 1.59. The fourth-order valence-electron chi connectivity index (χ4n) is 2.82. The first-order chi connectivity index (χ1) is 13.6. The predicted molar refractivity (Wildman–Crippen MR) is 103 cm³/mol. The SMILES string of the molecule is COc1ccc(C=Cc2nc(-c3ccc4c(c3)oc(=O)n4C)no2)cc1OC. The number of ether oxygens (including phenoxy) is 2. The van der Waals surface area contributed by atoms with Crippen LogP contribution in [0.2, 0.25) is 0 Å².